The number of fused-ring (bicyclic) bond motifs is 1. The number of hydrogen-bond acceptors (Lipinski definition) is 3. The first-order valence-electron chi connectivity index (χ1n) is 10.1. The summed E-state index contributed by atoms with van der Waals surface area (Å²) in [7, 11) is 0. The van der Waals surface area contributed by atoms with Crippen LogP contribution in [0.1, 0.15) is 51.2 Å². The van der Waals surface area contributed by atoms with Crippen molar-refractivity contribution in [1.82, 2.24) is 0 Å². The predicted octanol–water partition coefficient (Wildman–Crippen LogP) is 7.30. The van der Waals surface area contributed by atoms with E-state index in [2.05, 4.69) is 37.9 Å². The number of nitrogens with zero attached hydrogens (tertiary/aromatic N) is 2. The summed E-state index contributed by atoms with van der Waals surface area (Å²) >= 11 is 18.6. The van der Waals surface area contributed by atoms with Crippen LogP contribution in [0.5, 0.6) is 0 Å². The molecule has 4 nitrogen and oxygen atoms in total. The molecule has 1 unspecified atom stereocenters. The topological polar surface area (TPSA) is 56.1 Å². The van der Waals surface area contributed by atoms with Gasteiger partial charge < -0.3 is 10.2 Å². The van der Waals surface area contributed by atoms with E-state index in [0.29, 0.717) is 32.2 Å². The Kier molecular flexibility index (Phi) is 6.91. The number of rotatable bonds is 4. The molecule has 1 heterocycles. The van der Waals surface area contributed by atoms with Crippen molar-refractivity contribution in [3.63, 3.8) is 0 Å². The standard InChI is InChI=1S/C24H24Cl3N3O/c1-5-30-22-11-19(26)15(9-18(22)14(2)12-24(30,3)4)8-16(13-28)23(31)29-21-7-6-17(25)10-20(21)27/h6-11,14H,5,12H2,1-4H3,(H,29,31)/b16-8+. The Balaban J connectivity index is 1.97. The van der Waals surface area contributed by atoms with Gasteiger partial charge in [0.2, 0.25) is 0 Å². The largest absolute Gasteiger partial charge is 0.366 e. The lowest BCUT2D eigenvalue weighted by Crippen LogP contribution is -2.48. The minimum atomic E-state index is -0.565. The maximum Gasteiger partial charge on any atom is 0.266 e. The molecule has 2 aromatic carbocycles. The third-order valence-electron chi connectivity index (χ3n) is 5.66. The van der Waals surface area contributed by atoms with Gasteiger partial charge in [-0.05, 0) is 80.6 Å². The number of benzene rings is 2. The van der Waals surface area contributed by atoms with E-state index in [-0.39, 0.29) is 11.1 Å². The van der Waals surface area contributed by atoms with Crippen molar-refractivity contribution in [2.75, 3.05) is 16.8 Å². The molecule has 2 aromatic rings. The number of hydrogen-bond donors (Lipinski definition) is 1. The predicted molar refractivity (Wildman–Crippen MR) is 130 cm³/mol. The van der Waals surface area contributed by atoms with Gasteiger partial charge in [0, 0.05) is 27.8 Å². The lowest BCUT2D eigenvalue weighted by molar-refractivity contribution is -0.112. The summed E-state index contributed by atoms with van der Waals surface area (Å²) in [6.07, 6.45) is 2.52. The quantitative estimate of drug-likeness (QED) is 0.372. The minimum Gasteiger partial charge on any atom is -0.366 e. The summed E-state index contributed by atoms with van der Waals surface area (Å²) in [5.74, 6) is -0.241. The first kappa shape index (κ1) is 23.5. The molecular formula is C24H24Cl3N3O. The van der Waals surface area contributed by atoms with Gasteiger partial charge in [-0.2, -0.15) is 5.26 Å². The van der Waals surface area contributed by atoms with Gasteiger partial charge in [0.25, 0.3) is 5.91 Å². The molecule has 0 spiro atoms. The van der Waals surface area contributed by atoms with E-state index in [9.17, 15) is 10.1 Å². The van der Waals surface area contributed by atoms with E-state index in [0.717, 1.165) is 24.2 Å². The van der Waals surface area contributed by atoms with Crippen molar-refractivity contribution in [2.45, 2.75) is 45.6 Å². The average Bonchev–Trinajstić information content (AvgIpc) is 2.68. The van der Waals surface area contributed by atoms with Crippen molar-refractivity contribution in [2.24, 2.45) is 0 Å². The molecule has 1 N–H and O–H groups in total. The van der Waals surface area contributed by atoms with Gasteiger partial charge in [-0.15, -0.1) is 0 Å². The lowest BCUT2D eigenvalue weighted by Gasteiger charge is -2.47. The molecule has 1 aliphatic rings. The fraction of sp³-hybridized carbons (Fsp3) is 0.333. The number of nitrogens with one attached hydrogen (secondary N) is 1. The molecule has 0 saturated heterocycles. The molecule has 0 bridgehead atoms. The first-order valence-corrected chi connectivity index (χ1v) is 11.2. The molecule has 0 radical (unpaired) electrons. The Morgan fingerprint density at radius 1 is 1.26 bits per heavy atom. The van der Waals surface area contributed by atoms with Crippen molar-refractivity contribution in [1.29, 1.82) is 5.26 Å². The van der Waals surface area contributed by atoms with Crippen LogP contribution >= 0.6 is 34.8 Å². The van der Waals surface area contributed by atoms with E-state index in [4.69, 9.17) is 34.8 Å². The Morgan fingerprint density at radius 2 is 1.97 bits per heavy atom. The molecule has 162 valence electrons. The number of carbonyl (C=O) groups is 1. The molecule has 0 saturated carbocycles. The van der Waals surface area contributed by atoms with Crippen LogP contribution in [0.3, 0.4) is 0 Å². The molecule has 0 aromatic heterocycles. The lowest BCUT2D eigenvalue weighted by atomic mass is 9.79. The van der Waals surface area contributed by atoms with Gasteiger partial charge in [0.05, 0.1) is 10.7 Å². The smallest absolute Gasteiger partial charge is 0.266 e. The number of anilines is 2. The number of halogens is 3. The zero-order valence-electron chi connectivity index (χ0n) is 17.9. The molecule has 1 atom stereocenters. The maximum atomic E-state index is 12.7. The zero-order valence-corrected chi connectivity index (χ0v) is 20.2. The number of carbonyl (C=O) groups excluding carboxylic acids is 1. The van der Waals surface area contributed by atoms with Crippen LogP contribution in [0.15, 0.2) is 35.9 Å². The second-order valence-electron chi connectivity index (χ2n) is 8.34. The highest BCUT2D eigenvalue weighted by Crippen LogP contribution is 2.45. The third-order valence-corrected chi connectivity index (χ3v) is 6.54. The van der Waals surface area contributed by atoms with Crippen LogP contribution in [0, 0.1) is 11.3 Å². The normalized spacial score (nSPS) is 17.7. The first-order chi connectivity index (χ1) is 14.6. The maximum absolute atomic E-state index is 12.7. The van der Waals surface area contributed by atoms with E-state index >= 15 is 0 Å². The highest BCUT2D eigenvalue weighted by atomic mass is 35.5. The summed E-state index contributed by atoms with van der Waals surface area (Å²) in [5, 5.41) is 13.5. The molecule has 31 heavy (non-hydrogen) atoms. The Labute approximate surface area is 198 Å². The fourth-order valence-electron chi connectivity index (χ4n) is 4.31. The van der Waals surface area contributed by atoms with Crippen molar-refractivity contribution < 1.29 is 4.79 Å². The van der Waals surface area contributed by atoms with Gasteiger partial charge in [-0.25, -0.2) is 0 Å². The summed E-state index contributed by atoms with van der Waals surface area (Å²) in [6.45, 7) is 9.65. The molecule has 0 fully saturated rings. The molecule has 1 aliphatic heterocycles. The zero-order chi connectivity index (χ0) is 22.9. The van der Waals surface area contributed by atoms with Crippen LogP contribution in [-0.4, -0.2) is 18.0 Å². The third kappa shape index (κ3) is 4.85. The SMILES string of the molecule is CCN1c2cc(Cl)c(/C=C(\C#N)C(=O)Nc3ccc(Cl)cc3Cl)cc2C(C)CC1(C)C. The molecule has 3 rings (SSSR count). The summed E-state index contributed by atoms with van der Waals surface area (Å²) in [6, 6.07) is 10.6. The minimum absolute atomic E-state index is 0.0252. The van der Waals surface area contributed by atoms with Gasteiger partial charge in [0.15, 0.2) is 0 Å². The van der Waals surface area contributed by atoms with Crippen molar-refractivity contribution >= 4 is 58.2 Å². The Morgan fingerprint density at radius 3 is 2.58 bits per heavy atom. The van der Waals surface area contributed by atoms with Gasteiger partial charge >= 0.3 is 0 Å². The van der Waals surface area contributed by atoms with E-state index < -0.39 is 5.91 Å². The second-order valence-corrected chi connectivity index (χ2v) is 9.59. The van der Waals surface area contributed by atoms with Gasteiger partial charge in [-0.3, -0.25) is 4.79 Å². The summed E-state index contributed by atoms with van der Waals surface area (Å²) < 4.78 is 0. The van der Waals surface area contributed by atoms with Crippen LogP contribution in [0.2, 0.25) is 15.1 Å². The molecule has 1 amide bonds. The monoisotopic (exact) mass is 475 g/mol. The molecule has 0 aliphatic carbocycles. The van der Waals surface area contributed by atoms with Crippen molar-refractivity contribution in [3.8, 4) is 6.07 Å². The van der Waals surface area contributed by atoms with Crippen LogP contribution in [0.25, 0.3) is 6.08 Å². The summed E-state index contributed by atoms with van der Waals surface area (Å²) in [4.78, 5) is 15.0. The van der Waals surface area contributed by atoms with E-state index in [1.807, 2.05) is 18.2 Å². The van der Waals surface area contributed by atoms with E-state index in [1.165, 1.54) is 12.1 Å². The Bertz CT molecular complexity index is 1100. The second kappa shape index (κ2) is 9.12. The van der Waals surface area contributed by atoms with Gasteiger partial charge in [-0.1, -0.05) is 41.7 Å². The van der Waals surface area contributed by atoms with Crippen LogP contribution in [0.4, 0.5) is 11.4 Å². The fourth-order valence-corrected chi connectivity index (χ4v) is 4.98. The Hall–Kier alpha value is -2.19. The van der Waals surface area contributed by atoms with Crippen molar-refractivity contribution in [3.05, 3.63) is 62.1 Å². The van der Waals surface area contributed by atoms with Crippen LogP contribution < -0.4 is 10.2 Å². The van der Waals surface area contributed by atoms with Gasteiger partial charge in [0.1, 0.15) is 11.6 Å². The van der Waals surface area contributed by atoms with E-state index in [1.54, 1.807) is 12.1 Å². The number of amides is 1. The highest BCUT2D eigenvalue weighted by Gasteiger charge is 2.35. The molecule has 7 heteroatoms. The number of nitriles is 1. The average molecular weight is 477 g/mol. The van der Waals surface area contributed by atoms with Crippen LogP contribution in [-0.2, 0) is 4.79 Å². The highest BCUT2D eigenvalue weighted by molar-refractivity contribution is 6.37. The molecular weight excluding hydrogens is 453 g/mol. The summed E-state index contributed by atoms with van der Waals surface area (Å²) in [5.41, 5.74) is 3.24.